The number of methoxy groups -OCH3 is 1. The number of halogens is 2. The maximum atomic E-state index is 13.7. The number of aromatic nitrogens is 2. The molecule has 0 aliphatic heterocycles. The van der Waals surface area contributed by atoms with Gasteiger partial charge in [0.05, 0.1) is 31.4 Å². The number of fused-ring (bicyclic) bond motifs is 1. The smallest absolute Gasteiger partial charge is 0.282 e. The largest absolute Gasteiger partial charge is 0.496 e. The van der Waals surface area contributed by atoms with Gasteiger partial charge in [0.15, 0.2) is 5.82 Å². The topological polar surface area (TPSA) is 65.7 Å². The molecule has 1 heterocycles. The van der Waals surface area contributed by atoms with E-state index in [-0.39, 0.29) is 11.5 Å². The van der Waals surface area contributed by atoms with Gasteiger partial charge in [-0.05, 0) is 111 Å². The highest BCUT2D eigenvalue weighted by atomic mass is 127. The molecule has 0 unspecified atom stereocenters. The highest BCUT2D eigenvalue weighted by molar-refractivity contribution is 14.1. The lowest BCUT2D eigenvalue weighted by molar-refractivity contribution is 0.358. The van der Waals surface area contributed by atoms with Crippen molar-refractivity contribution in [3.63, 3.8) is 0 Å². The van der Waals surface area contributed by atoms with Crippen molar-refractivity contribution in [2.24, 2.45) is 5.10 Å². The van der Waals surface area contributed by atoms with Crippen LogP contribution >= 0.6 is 45.2 Å². The molecule has 0 amide bonds. The number of aryl methyl sites for hydroxylation is 1. The van der Waals surface area contributed by atoms with Crippen LogP contribution in [0.4, 0.5) is 0 Å². The molecule has 0 N–H and O–H groups in total. The van der Waals surface area contributed by atoms with Crippen molar-refractivity contribution < 1.29 is 9.47 Å². The molecule has 6 nitrogen and oxygen atoms in total. The molecule has 8 heteroatoms. The highest BCUT2D eigenvalue weighted by Crippen LogP contribution is 2.34. The first-order valence-corrected chi connectivity index (χ1v) is 13.9. The summed E-state index contributed by atoms with van der Waals surface area (Å²) in [5, 5.41) is 5.17. The third-order valence-electron chi connectivity index (χ3n) is 5.88. The molecule has 0 bridgehead atoms. The summed E-state index contributed by atoms with van der Waals surface area (Å²) in [6.07, 6.45) is 3.40. The summed E-state index contributed by atoms with van der Waals surface area (Å²) in [4.78, 5) is 18.5. The van der Waals surface area contributed by atoms with Crippen molar-refractivity contribution in [1.82, 2.24) is 9.66 Å². The molecule has 0 saturated heterocycles. The van der Waals surface area contributed by atoms with Crippen LogP contribution in [-0.4, -0.2) is 29.6 Å². The van der Waals surface area contributed by atoms with Crippen LogP contribution < -0.4 is 15.0 Å². The van der Waals surface area contributed by atoms with Crippen LogP contribution in [0.15, 0.2) is 71.1 Å². The Morgan fingerprint density at radius 3 is 2.49 bits per heavy atom. The van der Waals surface area contributed by atoms with Gasteiger partial charge in [0.25, 0.3) is 5.56 Å². The van der Waals surface area contributed by atoms with E-state index in [1.807, 2.05) is 43.3 Å². The fourth-order valence-corrected chi connectivity index (χ4v) is 6.16. The first kappa shape index (κ1) is 27.3. The Balaban J connectivity index is 1.92. The van der Waals surface area contributed by atoms with E-state index >= 15 is 0 Å². The molecule has 0 aliphatic rings. The van der Waals surface area contributed by atoms with Gasteiger partial charge in [0, 0.05) is 5.56 Å². The number of rotatable bonds is 8. The fourth-order valence-electron chi connectivity index (χ4n) is 4.03. The van der Waals surface area contributed by atoms with Gasteiger partial charge >= 0.3 is 0 Å². The summed E-state index contributed by atoms with van der Waals surface area (Å²) in [7, 11) is 1.67. The first-order chi connectivity index (χ1) is 17.7. The Morgan fingerprint density at radius 2 is 1.84 bits per heavy atom. The highest BCUT2D eigenvalue weighted by Gasteiger charge is 2.18. The maximum absolute atomic E-state index is 13.7. The summed E-state index contributed by atoms with van der Waals surface area (Å²) in [6.45, 7) is 10.4. The SMILES string of the molecule is C=CCOc1c(I)cc(C=Nn2c(-c3cc(C(C)C)c(OC)cc3C)nc3ccccc3c2=O)cc1I. The third-order valence-corrected chi connectivity index (χ3v) is 7.48. The quantitative estimate of drug-likeness (QED) is 0.110. The molecule has 1 aromatic heterocycles. The number of ether oxygens (including phenoxy) is 2. The summed E-state index contributed by atoms with van der Waals surface area (Å²) < 4.78 is 14.7. The molecule has 3 aromatic carbocycles. The first-order valence-electron chi connectivity index (χ1n) is 11.7. The normalized spacial score (nSPS) is 11.4. The van der Waals surface area contributed by atoms with Gasteiger partial charge in [-0.2, -0.15) is 9.78 Å². The van der Waals surface area contributed by atoms with E-state index in [1.54, 1.807) is 25.5 Å². The van der Waals surface area contributed by atoms with E-state index in [1.165, 1.54) is 4.68 Å². The van der Waals surface area contributed by atoms with Crippen LogP contribution in [0.25, 0.3) is 22.3 Å². The third kappa shape index (κ3) is 5.74. The summed E-state index contributed by atoms with van der Waals surface area (Å²) in [5.41, 5.74) is 4.07. The second-order valence-corrected chi connectivity index (χ2v) is 11.1. The second-order valence-electron chi connectivity index (χ2n) is 8.79. The Hall–Kier alpha value is -2.73. The van der Waals surface area contributed by atoms with Crippen LogP contribution in [0.5, 0.6) is 11.5 Å². The van der Waals surface area contributed by atoms with Crippen LogP contribution in [0.2, 0.25) is 0 Å². The minimum absolute atomic E-state index is 0.226. The van der Waals surface area contributed by atoms with E-state index in [0.29, 0.717) is 23.3 Å². The van der Waals surface area contributed by atoms with Crippen molar-refractivity contribution >= 4 is 62.3 Å². The molecule has 0 radical (unpaired) electrons. The minimum Gasteiger partial charge on any atom is -0.496 e. The molecule has 37 heavy (non-hydrogen) atoms. The van der Waals surface area contributed by atoms with Gasteiger partial charge in [-0.25, -0.2) is 4.98 Å². The number of benzene rings is 3. The molecule has 0 atom stereocenters. The van der Waals surface area contributed by atoms with Gasteiger partial charge in [0.2, 0.25) is 0 Å². The van der Waals surface area contributed by atoms with E-state index in [4.69, 9.17) is 14.5 Å². The summed E-state index contributed by atoms with van der Waals surface area (Å²) in [6, 6.07) is 15.3. The average Bonchev–Trinajstić information content (AvgIpc) is 2.87. The van der Waals surface area contributed by atoms with E-state index in [9.17, 15) is 4.79 Å². The number of nitrogens with zero attached hydrogens (tertiary/aromatic N) is 3. The predicted octanol–water partition coefficient (Wildman–Crippen LogP) is 7.16. The molecular formula is C29H27I2N3O3. The Kier molecular flexibility index (Phi) is 8.68. The van der Waals surface area contributed by atoms with Gasteiger partial charge in [0.1, 0.15) is 18.1 Å². The Bertz CT molecular complexity index is 1550. The van der Waals surface area contributed by atoms with Crippen LogP contribution in [0.1, 0.15) is 36.5 Å². The average molecular weight is 719 g/mol. The standard InChI is InChI=1S/C29H27I2N3O3/c1-6-11-37-27-23(30)13-19(14-24(27)31)16-32-34-28(33-25-10-8-7-9-20(25)29(34)35)22-15-21(17(2)3)26(36-5)12-18(22)4/h6-10,12-17H,1,11H2,2-5H3. The van der Waals surface area contributed by atoms with Gasteiger partial charge < -0.3 is 9.47 Å². The van der Waals surface area contributed by atoms with Gasteiger partial charge in [-0.15, -0.1) is 0 Å². The molecule has 0 saturated carbocycles. The Labute approximate surface area is 243 Å². The second kappa shape index (κ2) is 11.8. The zero-order chi connectivity index (χ0) is 26.7. The maximum Gasteiger partial charge on any atom is 0.282 e. The van der Waals surface area contributed by atoms with E-state index in [0.717, 1.165) is 40.9 Å². The minimum atomic E-state index is -0.228. The number of hydrogen-bond acceptors (Lipinski definition) is 5. The number of para-hydroxylation sites is 1. The molecular weight excluding hydrogens is 692 g/mol. The summed E-state index contributed by atoms with van der Waals surface area (Å²) in [5.74, 6) is 2.33. The fraction of sp³-hybridized carbons (Fsp3) is 0.207. The Morgan fingerprint density at radius 1 is 1.14 bits per heavy atom. The van der Waals surface area contributed by atoms with Crippen LogP contribution in [0, 0.1) is 14.1 Å². The number of hydrogen-bond donors (Lipinski definition) is 0. The van der Waals surface area contributed by atoms with Gasteiger partial charge in [-0.3, -0.25) is 4.79 Å². The van der Waals surface area contributed by atoms with Crippen LogP contribution in [0.3, 0.4) is 0 Å². The predicted molar refractivity (Wildman–Crippen MR) is 167 cm³/mol. The molecule has 4 aromatic rings. The lowest BCUT2D eigenvalue weighted by Gasteiger charge is -2.17. The molecule has 190 valence electrons. The monoisotopic (exact) mass is 719 g/mol. The lowest BCUT2D eigenvalue weighted by Crippen LogP contribution is -2.21. The van der Waals surface area contributed by atoms with E-state index in [2.05, 4.69) is 76.8 Å². The van der Waals surface area contributed by atoms with Crippen molar-refractivity contribution in [2.75, 3.05) is 13.7 Å². The van der Waals surface area contributed by atoms with E-state index < -0.39 is 0 Å². The molecule has 0 aliphatic carbocycles. The zero-order valence-electron chi connectivity index (χ0n) is 21.1. The molecule has 0 spiro atoms. The molecule has 4 rings (SSSR count). The van der Waals surface area contributed by atoms with Crippen molar-refractivity contribution in [3.8, 4) is 22.9 Å². The lowest BCUT2D eigenvalue weighted by atomic mass is 9.96. The van der Waals surface area contributed by atoms with Crippen molar-refractivity contribution in [3.05, 3.63) is 95.4 Å². The van der Waals surface area contributed by atoms with Crippen LogP contribution in [-0.2, 0) is 0 Å². The summed E-state index contributed by atoms with van der Waals surface area (Å²) >= 11 is 4.48. The van der Waals surface area contributed by atoms with Crippen molar-refractivity contribution in [1.29, 1.82) is 0 Å². The van der Waals surface area contributed by atoms with Gasteiger partial charge in [-0.1, -0.05) is 38.6 Å². The molecule has 0 fully saturated rings. The van der Waals surface area contributed by atoms with Crippen molar-refractivity contribution in [2.45, 2.75) is 26.7 Å². The zero-order valence-corrected chi connectivity index (χ0v) is 25.4.